The van der Waals surface area contributed by atoms with Gasteiger partial charge in [-0.1, -0.05) is 18.2 Å². The van der Waals surface area contributed by atoms with Crippen LogP contribution >= 0.6 is 0 Å². The first kappa shape index (κ1) is 34.7. The molecule has 0 spiro atoms. The number of phenols is 6. The second-order valence-corrected chi connectivity index (χ2v) is 12.6. The summed E-state index contributed by atoms with van der Waals surface area (Å²) in [7, 11) is 0. The van der Waals surface area contributed by atoms with Crippen LogP contribution in [-0.4, -0.2) is 99.9 Å². The number of ketones is 2. The van der Waals surface area contributed by atoms with Gasteiger partial charge in [0.05, 0.1) is 24.5 Å². The van der Waals surface area contributed by atoms with Gasteiger partial charge in [-0.3, -0.25) is 9.59 Å². The van der Waals surface area contributed by atoms with Crippen LogP contribution < -0.4 is 14.2 Å². The summed E-state index contributed by atoms with van der Waals surface area (Å²) in [5, 5.41) is 104. The van der Waals surface area contributed by atoms with E-state index in [1.54, 1.807) is 0 Å². The number of hydrogen-bond acceptors (Lipinski definition) is 16. The first-order valence-electron chi connectivity index (χ1n) is 15.9. The van der Waals surface area contributed by atoms with Crippen molar-refractivity contribution >= 4 is 11.6 Å². The number of aliphatic hydroxyl groups is 4. The number of aromatic hydroxyl groups is 6. The summed E-state index contributed by atoms with van der Waals surface area (Å²) in [4.78, 5) is 28.5. The molecular weight excluding hydrogens is 688 g/mol. The fraction of sp³-hybridized carbons (Fsp3) is 0.278. The predicted molar refractivity (Wildman–Crippen MR) is 173 cm³/mol. The van der Waals surface area contributed by atoms with Crippen LogP contribution in [-0.2, 0) is 4.74 Å². The minimum absolute atomic E-state index is 0.138. The van der Waals surface area contributed by atoms with Crippen molar-refractivity contribution in [3.63, 3.8) is 0 Å². The largest absolute Gasteiger partial charge is 0.508 e. The zero-order chi connectivity index (χ0) is 37.2. The average Bonchev–Trinajstić information content (AvgIpc) is 3.10. The van der Waals surface area contributed by atoms with Crippen LogP contribution in [0.25, 0.3) is 0 Å². The van der Waals surface area contributed by atoms with Gasteiger partial charge in [-0.25, -0.2) is 0 Å². The number of hydrogen-bond donors (Lipinski definition) is 10. The molecule has 1 fully saturated rings. The molecule has 4 aromatic carbocycles. The number of carbonyl (C=O) groups is 2. The van der Waals surface area contributed by atoms with E-state index < -0.39 is 113 Å². The molecule has 52 heavy (non-hydrogen) atoms. The summed E-state index contributed by atoms with van der Waals surface area (Å²) in [6.45, 7) is -0.813. The third kappa shape index (κ3) is 5.81. The molecule has 10 N–H and O–H groups in total. The number of fused-ring (bicyclic) bond motifs is 2. The number of aliphatic hydroxyl groups excluding tert-OH is 4. The summed E-state index contributed by atoms with van der Waals surface area (Å²) >= 11 is 0. The first-order chi connectivity index (χ1) is 24.8. The zero-order valence-corrected chi connectivity index (χ0v) is 26.7. The molecule has 16 heteroatoms. The quantitative estimate of drug-likeness (QED) is 0.127. The van der Waals surface area contributed by atoms with Crippen LogP contribution in [0.4, 0.5) is 0 Å². The van der Waals surface area contributed by atoms with E-state index >= 15 is 0 Å². The lowest BCUT2D eigenvalue weighted by Crippen LogP contribution is -2.60. The van der Waals surface area contributed by atoms with Gasteiger partial charge in [0.15, 0.2) is 23.1 Å². The molecule has 3 heterocycles. The SMILES string of the molecule is O=C1C[C@@H](c2ccc(O)c(O)c2)Oc2c1c(O)cc(O[C@@H]1O[C@H](CO)[C@@H](O)[C@H](O)[C@H]1O)c2[C@@H]1C(=O)c2c(O)cc(O)cc2O[C@H]1c1ccc(O)cc1. The summed E-state index contributed by atoms with van der Waals surface area (Å²) < 4.78 is 24.2. The van der Waals surface area contributed by atoms with Gasteiger partial charge in [0, 0.05) is 18.2 Å². The van der Waals surface area contributed by atoms with E-state index in [4.69, 9.17) is 18.9 Å². The second-order valence-electron chi connectivity index (χ2n) is 12.6. The summed E-state index contributed by atoms with van der Waals surface area (Å²) in [6, 6.07) is 12.1. The number of ether oxygens (including phenoxy) is 4. The van der Waals surface area contributed by atoms with Crippen molar-refractivity contribution in [3.8, 4) is 51.7 Å². The molecule has 0 amide bonds. The minimum Gasteiger partial charge on any atom is -0.508 e. The molecule has 0 aromatic heterocycles. The van der Waals surface area contributed by atoms with Crippen molar-refractivity contribution in [3.05, 3.63) is 88.5 Å². The smallest absolute Gasteiger partial charge is 0.229 e. The summed E-state index contributed by atoms with van der Waals surface area (Å²) in [5.41, 5.74) is -0.604. The average molecular weight is 721 g/mol. The second kappa shape index (κ2) is 13.1. The molecule has 0 radical (unpaired) electrons. The Morgan fingerprint density at radius 3 is 2.08 bits per heavy atom. The van der Waals surface area contributed by atoms with Gasteiger partial charge in [-0.2, -0.15) is 0 Å². The minimum atomic E-state index is -1.96. The summed E-state index contributed by atoms with van der Waals surface area (Å²) in [6.07, 6.45) is -11.8. The van der Waals surface area contributed by atoms with Gasteiger partial charge >= 0.3 is 0 Å². The Bertz CT molecular complexity index is 2060. The standard InChI is InChI=1S/C36H32O16/c37-12-25-30(45)32(47)33(48)36(52-25)51-24-11-21(44)26-20(43)10-22(14-3-6-17(40)18(41)7-14)49-35(26)28(24)29-31(46)27-19(42)8-16(39)9-23(27)50-34(29)13-1-4-15(38)5-2-13/h1-9,11,22,25,29-30,32-34,36-42,44-45,47-48H,10,12H2/t22-,25+,29+,30+,32-,33+,34-,36+/m0/s1. The van der Waals surface area contributed by atoms with E-state index in [9.17, 15) is 60.7 Å². The van der Waals surface area contributed by atoms with E-state index in [0.29, 0.717) is 0 Å². The van der Waals surface area contributed by atoms with Crippen LogP contribution in [0.3, 0.4) is 0 Å². The molecule has 0 bridgehead atoms. The lowest BCUT2D eigenvalue weighted by atomic mass is 9.78. The van der Waals surface area contributed by atoms with Crippen LogP contribution in [0.2, 0.25) is 0 Å². The fourth-order valence-electron chi connectivity index (χ4n) is 6.72. The van der Waals surface area contributed by atoms with E-state index in [0.717, 1.165) is 24.3 Å². The van der Waals surface area contributed by atoms with E-state index in [1.165, 1.54) is 36.4 Å². The van der Waals surface area contributed by atoms with Crippen LogP contribution in [0.1, 0.15) is 62.0 Å². The van der Waals surface area contributed by atoms with Crippen molar-refractivity contribution in [1.82, 2.24) is 0 Å². The highest BCUT2D eigenvalue weighted by molar-refractivity contribution is 6.09. The van der Waals surface area contributed by atoms with Gasteiger partial charge in [-0.15, -0.1) is 0 Å². The normalized spacial score (nSPS) is 26.8. The maximum absolute atomic E-state index is 14.7. The highest BCUT2D eigenvalue weighted by Crippen LogP contribution is 2.56. The molecule has 0 saturated carbocycles. The van der Waals surface area contributed by atoms with Gasteiger partial charge in [0.1, 0.15) is 88.0 Å². The lowest BCUT2D eigenvalue weighted by molar-refractivity contribution is -0.277. The molecule has 3 aliphatic heterocycles. The molecule has 4 aromatic rings. The Morgan fingerprint density at radius 1 is 0.692 bits per heavy atom. The number of rotatable bonds is 6. The van der Waals surface area contributed by atoms with E-state index in [1.807, 2.05) is 0 Å². The highest BCUT2D eigenvalue weighted by Gasteiger charge is 2.49. The van der Waals surface area contributed by atoms with Gasteiger partial charge in [-0.05, 0) is 35.4 Å². The molecule has 272 valence electrons. The molecule has 16 nitrogen and oxygen atoms in total. The molecule has 0 aliphatic carbocycles. The Balaban J connectivity index is 1.47. The van der Waals surface area contributed by atoms with Gasteiger partial charge < -0.3 is 70.0 Å². The number of phenolic OH excluding ortho intramolecular Hbond substituents is 6. The molecular formula is C36H32O16. The molecule has 3 aliphatic rings. The molecule has 0 unspecified atom stereocenters. The zero-order valence-electron chi connectivity index (χ0n) is 26.7. The predicted octanol–water partition coefficient (Wildman–Crippen LogP) is 1.91. The molecule has 8 atom stereocenters. The monoisotopic (exact) mass is 720 g/mol. The maximum Gasteiger partial charge on any atom is 0.229 e. The van der Waals surface area contributed by atoms with Crippen molar-refractivity contribution in [1.29, 1.82) is 0 Å². The van der Waals surface area contributed by atoms with Crippen LogP contribution in [0, 0.1) is 0 Å². The van der Waals surface area contributed by atoms with Gasteiger partial charge in [0.2, 0.25) is 6.29 Å². The van der Waals surface area contributed by atoms with E-state index in [-0.39, 0.29) is 40.2 Å². The Kier molecular flexibility index (Phi) is 8.72. The Morgan fingerprint density at radius 2 is 1.38 bits per heavy atom. The van der Waals surface area contributed by atoms with E-state index in [2.05, 4.69) is 0 Å². The van der Waals surface area contributed by atoms with Crippen molar-refractivity contribution < 1.29 is 79.6 Å². The van der Waals surface area contributed by atoms with Crippen LogP contribution in [0.5, 0.6) is 51.7 Å². The third-order valence-electron chi connectivity index (χ3n) is 9.32. The van der Waals surface area contributed by atoms with Gasteiger partial charge in [0.25, 0.3) is 0 Å². The number of carbonyl (C=O) groups excluding carboxylic acids is 2. The molecule has 1 saturated heterocycles. The Labute approximate surface area is 293 Å². The molecule has 7 rings (SSSR count). The van der Waals surface area contributed by atoms with Crippen molar-refractivity contribution in [2.45, 2.75) is 55.3 Å². The maximum atomic E-state index is 14.7. The topological polar surface area (TPSA) is 273 Å². The number of Topliss-reactive ketones (excluding diaryl/α,β-unsaturated/α-hetero) is 2. The van der Waals surface area contributed by atoms with Crippen LogP contribution in [0.15, 0.2) is 60.7 Å². The fourth-order valence-corrected chi connectivity index (χ4v) is 6.72. The third-order valence-corrected chi connectivity index (χ3v) is 9.32. The lowest BCUT2D eigenvalue weighted by Gasteiger charge is -2.41. The van der Waals surface area contributed by atoms with Crippen molar-refractivity contribution in [2.75, 3.05) is 6.61 Å². The Hall–Kier alpha value is -5.78. The summed E-state index contributed by atoms with van der Waals surface area (Å²) in [5.74, 6) is -7.21. The first-order valence-corrected chi connectivity index (χ1v) is 15.9. The number of benzene rings is 4. The van der Waals surface area contributed by atoms with Crippen molar-refractivity contribution in [2.24, 2.45) is 0 Å². The highest BCUT2D eigenvalue weighted by atomic mass is 16.7.